The Balaban J connectivity index is 1.12. The third-order valence-electron chi connectivity index (χ3n) is 7.43. The fourth-order valence-electron chi connectivity index (χ4n) is 5.24. The summed E-state index contributed by atoms with van der Waals surface area (Å²) in [4.78, 5) is 45.5. The number of benzene rings is 3. The summed E-state index contributed by atoms with van der Waals surface area (Å²) in [6.45, 7) is 0. The van der Waals surface area contributed by atoms with Crippen LogP contribution in [0, 0.1) is 11.1 Å². The molecule has 3 aromatic rings. The maximum atomic E-state index is 13.3. The predicted octanol–water partition coefficient (Wildman–Crippen LogP) is 3.30. The van der Waals surface area contributed by atoms with Crippen LogP contribution in [-0.4, -0.2) is 36.1 Å². The van der Waals surface area contributed by atoms with Crippen molar-refractivity contribution in [3.8, 4) is 11.5 Å². The van der Waals surface area contributed by atoms with Gasteiger partial charge in [0.25, 0.3) is 11.8 Å². The molecule has 0 bridgehead atoms. The molecular formula is C30H26N2O8. The highest BCUT2D eigenvalue weighted by Crippen LogP contribution is 2.40. The second kappa shape index (κ2) is 10.4. The summed E-state index contributed by atoms with van der Waals surface area (Å²) < 4.78 is 10.9. The lowest BCUT2D eigenvalue weighted by atomic mass is 9.80. The van der Waals surface area contributed by atoms with E-state index in [0.29, 0.717) is 46.7 Å². The lowest BCUT2D eigenvalue weighted by Gasteiger charge is -2.21. The van der Waals surface area contributed by atoms with Crippen molar-refractivity contribution in [1.29, 1.82) is 0 Å². The summed E-state index contributed by atoms with van der Waals surface area (Å²) >= 11 is 0. The van der Waals surface area contributed by atoms with E-state index >= 15 is 0 Å². The van der Waals surface area contributed by atoms with Gasteiger partial charge in [0.05, 0.1) is 12.8 Å². The molecule has 2 heterocycles. The van der Waals surface area contributed by atoms with Crippen LogP contribution in [0.1, 0.15) is 41.3 Å². The standard InChI is InChI=1S/C30H26N2O8/c1-38-32(37)21-4-2-3-20(16-21)31-28(34)24-14-9-19(15-25(24)29(31)35)26(33)17-5-10-22(11-6-17)39-23-12-7-18(8-13-23)27-30(36)40-27/h2-8,10-13,16,19,27,30,32,36H,9,14-15H2,1H3. The maximum Gasteiger partial charge on any atom is 0.261 e. The van der Waals surface area contributed by atoms with Crippen molar-refractivity contribution in [3.05, 3.63) is 100 Å². The van der Waals surface area contributed by atoms with Gasteiger partial charge in [-0.25, -0.2) is 9.74 Å². The number of carbonyl (C=O) groups excluding carboxylic acids is 3. The molecule has 204 valence electrons. The number of rotatable bonds is 8. The average molecular weight is 543 g/mol. The summed E-state index contributed by atoms with van der Waals surface area (Å²) in [5, 5.41) is 20.7. The van der Waals surface area contributed by atoms with E-state index in [1.54, 1.807) is 54.6 Å². The average Bonchev–Trinajstić information content (AvgIpc) is 3.67. The number of nitrogens with zero attached hydrogens (tertiary/aromatic N) is 1. The van der Waals surface area contributed by atoms with Crippen molar-refractivity contribution in [2.24, 2.45) is 5.92 Å². The Bertz CT molecular complexity index is 1520. The van der Waals surface area contributed by atoms with Crippen LogP contribution in [-0.2, 0) is 19.2 Å². The number of epoxide rings is 1. The highest BCUT2D eigenvalue weighted by Gasteiger charge is 2.43. The van der Waals surface area contributed by atoms with E-state index in [0.717, 1.165) is 10.5 Å². The van der Waals surface area contributed by atoms with Crippen molar-refractivity contribution in [2.45, 2.75) is 31.7 Å². The Labute approximate surface area is 229 Å². The molecule has 4 unspecified atom stereocenters. The van der Waals surface area contributed by atoms with Gasteiger partial charge in [-0.3, -0.25) is 14.4 Å². The number of carbonyl (C=O) groups is 3. The Hall–Kier alpha value is -4.19. The van der Waals surface area contributed by atoms with Gasteiger partial charge in [-0.15, -0.1) is 0 Å². The summed E-state index contributed by atoms with van der Waals surface area (Å²) in [6.07, 6.45) is -0.0827. The van der Waals surface area contributed by atoms with E-state index < -0.39 is 29.2 Å². The molecule has 40 heavy (non-hydrogen) atoms. The molecule has 2 aliphatic heterocycles. The predicted molar refractivity (Wildman–Crippen MR) is 141 cm³/mol. The number of imide groups is 1. The van der Waals surface area contributed by atoms with Crippen LogP contribution in [0.15, 0.2) is 83.9 Å². The lowest BCUT2D eigenvalue weighted by molar-refractivity contribution is -0.992. The van der Waals surface area contributed by atoms with Crippen LogP contribution >= 0.6 is 0 Å². The molecule has 0 spiro atoms. The summed E-state index contributed by atoms with van der Waals surface area (Å²) in [5.41, 5.74) is 2.66. The fourth-order valence-corrected chi connectivity index (χ4v) is 5.24. The van der Waals surface area contributed by atoms with Gasteiger partial charge in [-0.2, -0.15) is 5.23 Å². The Morgan fingerprint density at radius 2 is 1.65 bits per heavy atom. The van der Waals surface area contributed by atoms with Gasteiger partial charge in [0.2, 0.25) is 0 Å². The third-order valence-corrected chi connectivity index (χ3v) is 7.43. The zero-order chi connectivity index (χ0) is 28.0. The second-order valence-corrected chi connectivity index (χ2v) is 9.89. The molecule has 1 saturated heterocycles. The van der Waals surface area contributed by atoms with Crippen molar-refractivity contribution >= 4 is 29.0 Å². The van der Waals surface area contributed by atoms with Crippen LogP contribution < -0.4 is 14.9 Å². The van der Waals surface area contributed by atoms with Crippen molar-refractivity contribution in [2.75, 3.05) is 12.0 Å². The number of anilines is 1. The third kappa shape index (κ3) is 4.83. The number of aliphatic hydroxyl groups excluding tert-OH is 1. The number of quaternary nitrogens is 1. The van der Waals surface area contributed by atoms with Gasteiger partial charge in [-0.05, 0) is 67.3 Å². The summed E-state index contributed by atoms with van der Waals surface area (Å²) in [6, 6.07) is 20.2. The number of ketones is 1. The van der Waals surface area contributed by atoms with E-state index in [1.807, 2.05) is 12.1 Å². The first-order chi connectivity index (χ1) is 19.3. The minimum Gasteiger partial charge on any atom is -0.595 e. The quantitative estimate of drug-likeness (QED) is 0.192. The van der Waals surface area contributed by atoms with Gasteiger partial charge in [0, 0.05) is 34.8 Å². The zero-order valence-corrected chi connectivity index (χ0v) is 21.5. The molecule has 3 aromatic carbocycles. The smallest absolute Gasteiger partial charge is 0.261 e. The van der Waals surface area contributed by atoms with Crippen molar-refractivity contribution in [3.63, 3.8) is 0 Å². The summed E-state index contributed by atoms with van der Waals surface area (Å²) in [7, 11) is 1.26. The van der Waals surface area contributed by atoms with Crippen LogP contribution in [0.3, 0.4) is 0 Å². The first-order valence-electron chi connectivity index (χ1n) is 12.9. The van der Waals surface area contributed by atoms with Gasteiger partial charge >= 0.3 is 0 Å². The molecule has 6 rings (SSSR count). The normalized spacial score (nSPS) is 22.8. The number of ether oxygens (including phenoxy) is 2. The van der Waals surface area contributed by atoms with Gasteiger partial charge in [0.1, 0.15) is 17.6 Å². The minimum absolute atomic E-state index is 0.100. The molecule has 10 nitrogen and oxygen atoms in total. The molecular weight excluding hydrogens is 516 g/mol. The van der Waals surface area contributed by atoms with Crippen LogP contribution in [0.25, 0.3) is 0 Å². The lowest BCUT2D eigenvalue weighted by Crippen LogP contribution is -3.00. The Kier molecular flexibility index (Phi) is 6.78. The molecule has 0 saturated carbocycles. The molecule has 1 fully saturated rings. The van der Waals surface area contributed by atoms with E-state index in [2.05, 4.69) is 0 Å². The molecule has 3 aliphatic rings. The Morgan fingerprint density at radius 1 is 1.00 bits per heavy atom. The first kappa shape index (κ1) is 26.1. The maximum absolute atomic E-state index is 13.3. The number of aliphatic hydroxyl groups is 1. The van der Waals surface area contributed by atoms with E-state index in [1.165, 1.54) is 13.2 Å². The molecule has 4 atom stereocenters. The number of hydrogen-bond acceptors (Lipinski definition) is 8. The first-order valence-corrected chi connectivity index (χ1v) is 12.9. The van der Waals surface area contributed by atoms with Crippen LogP contribution in [0.2, 0.25) is 0 Å². The topological polar surface area (TPSA) is 133 Å². The minimum atomic E-state index is -0.750. The van der Waals surface area contributed by atoms with Gasteiger partial charge < -0.3 is 19.8 Å². The molecule has 0 aromatic heterocycles. The number of Topliss-reactive ketones (excluding diaryl/α,β-unsaturated/α-hetero) is 1. The number of nitrogens with one attached hydrogen (secondary N) is 1. The van der Waals surface area contributed by atoms with Crippen LogP contribution in [0.4, 0.5) is 11.4 Å². The molecule has 10 heteroatoms. The monoisotopic (exact) mass is 542 g/mol. The Morgan fingerprint density at radius 3 is 2.30 bits per heavy atom. The van der Waals surface area contributed by atoms with Crippen molar-refractivity contribution in [1.82, 2.24) is 0 Å². The van der Waals surface area contributed by atoms with E-state index in [9.17, 15) is 24.7 Å². The molecule has 1 aliphatic carbocycles. The fraction of sp³-hybridized carbons (Fsp3) is 0.233. The van der Waals surface area contributed by atoms with Gasteiger partial charge in [-0.1, -0.05) is 18.2 Å². The molecule has 2 N–H and O–H groups in total. The molecule has 0 radical (unpaired) electrons. The summed E-state index contributed by atoms with van der Waals surface area (Å²) in [5.74, 6) is -0.244. The highest BCUT2D eigenvalue weighted by atomic mass is 16.9. The number of hydrogen-bond donors (Lipinski definition) is 2. The van der Waals surface area contributed by atoms with Crippen molar-refractivity contribution < 1.29 is 39.0 Å². The van der Waals surface area contributed by atoms with E-state index in [4.69, 9.17) is 14.3 Å². The largest absolute Gasteiger partial charge is 0.595 e. The molecule has 2 amide bonds. The van der Waals surface area contributed by atoms with Crippen LogP contribution in [0.5, 0.6) is 11.5 Å². The zero-order valence-electron chi connectivity index (χ0n) is 21.5. The van der Waals surface area contributed by atoms with E-state index in [-0.39, 0.29) is 24.0 Å². The van der Waals surface area contributed by atoms with Gasteiger partial charge in [0.15, 0.2) is 17.8 Å². The number of amides is 2. The SMILES string of the molecule is CO[NH+]([O-])c1cccc(N2C(=O)C3=C(CC(C(=O)c4ccc(Oc5ccc(C6OC6O)cc5)cc4)CC3)C2=O)c1. The second-order valence-electron chi connectivity index (χ2n) is 9.89. The highest BCUT2D eigenvalue weighted by molar-refractivity contribution is 6.33.